The average Bonchev–Trinajstić information content (AvgIpc) is 2.64. The molecule has 0 unspecified atom stereocenters. The lowest BCUT2D eigenvalue weighted by Gasteiger charge is -2.19. The van der Waals surface area contributed by atoms with Gasteiger partial charge in [-0.1, -0.05) is 12.1 Å². The topological polar surface area (TPSA) is 112 Å². The third kappa shape index (κ3) is 5.89. The summed E-state index contributed by atoms with van der Waals surface area (Å²) in [6.45, 7) is 3.92. The maximum atomic E-state index is 12.5. The van der Waals surface area contributed by atoms with Gasteiger partial charge in [0, 0.05) is 26.2 Å². The van der Waals surface area contributed by atoms with E-state index in [1.165, 1.54) is 7.11 Å². The highest BCUT2D eigenvalue weighted by Crippen LogP contribution is 2.31. The van der Waals surface area contributed by atoms with E-state index in [4.69, 9.17) is 4.74 Å². The Bertz CT molecular complexity index is 585. The lowest BCUT2D eigenvalue weighted by atomic mass is 9.96. The number of aromatic hydroxyl groups is 1. The Labute approximate surface area is 153 Å². The van der Waals surface area contributed by atoms with Gasteiger partial charge in [-0.25, -0.2) is 0 Å². The van der Waals surface area contributed by atoms with Crippen LogP contribution in [0.15, 0.2) is 18.2 Å². The lowest BCUT2D eigenvalue weighted by molar-refractivity contribution is -0.135. The molecule has 1 aliphatic rings. The third-order valence-corrected chi connectivity index (χ3v) is 4.27. The number of nitrogens with one attached hydrogen (secondary N) is 4. The second-order valence-corrected chi connectivity index (χ2v) is 6.16. The fourth-order valence-electron chi connectivity index (χ4n) is 2.80. The predicted octanol–water partition coefficient (Wildman–Crippen LogP) is -0.625. The Morgan fingerprint density at radius 3 is 2.19 bits per heavy atom. The van der Waals surface area contributed by atoms with E-state index in [1.807, 2.05) is 0 Å². The molecule has 0 aliphatic carbocycles. The number of carbonyl (C=O) groups is 2. The maximum Gasteiger partial charge on any atom is 0.232 e. The summed E-state index contributed by atoms with van der Waals surface area (Å²) in [5.74, 6) is -1.35. The minimum atomic E-state index is -0.920. The molecule has 1 fully saturated rings. The first-order valence-electron chi connectivity index (χ1n) is 8.95. The van der Waals surface area contributed by atoms with Crippen LogP contribution in [0.2, 0.25) is 0 Å². The van der Waals surface area contributed by atoms with Crippen molar-refractivity contribution in [1.29, 1.82) is 0 Å². The highest BCUT2D eigenvalue weighted by Gasteiger charge is 2.28. The highest BCUT2D eigenvalue weighted by molar-refractivity contribution is 6.00. The molecule has 0 radical (unpaired) electrons. The molecule has 0 spiro atoms. The molecule has 144 valence electrons. The van der Waals surface area contributed by atoms with Crippen LogP contribution in [0.25, 0.3) is 0 Å². The number of ether oxygens (including phenoxy) is 1. The first-order chi connectivity index (χ1) is 12.6. The van der Waals surface area contributed by atoms with Crippen molar-refractivity contribution >= 4 is 11.8 Å². The summed E-state index contributed by atoms with van der Waals surface area (Å²) in [7, 11) is 1.46. The van der Waals surface area contributed by atoms with E-state index < -0.39 is 5.92 Å². The van der Waals surface area contributed by atoms with Crippen molar-refractivity contribution < 1.29 is 19.4 Å². The number of carbonyl (C=O) groups excluding carboxylic acids is 2. The lowest BCUT2D eigenvalue weighted by Crippen LogP contribution is -2.46. The van der Waals surface area contributed by atoms with Crippen molar-refractivity contribution in [1.82, 2.24) is 21.3 Å². The molecular formula is C18H28N4O4. The zero-order chi connectivity index (χ0) is 18.8. The van der Waals surface area contributed by atoms with Crippen molar-refractivity contribution in [3.05, 3.63) is 23.8 Å². The number of hydrogen-bond donors (Lipinski definition) is 5. The van der Waals surface area contributed by atoms with E-state index in [2.05, 4.69) is 21.3 Å². The predicted molar refractivity (Wildman–Crippen MR) is 98.2 cm³/mol. The fourth-order valence-corrected chi connectivity index (χ4v) is 2.80. The Morgan fingerprint density at radius 1 is 1.00 bits per heavy atom. The number of amides is 2. The monoisotopic (exact) mass is 364 g/mol. The van der Waals surface area contributed by atoms with Crippen LogP contribution in [0.3, 0.4) is 0 Å². The molecule has 8 heteroatoms. The molecule has 2 rings (SSSR count). The van der Waals surface area contributed by atoms with E-state index in [0.717, 1.165) is 19.5 Å². The van der Waals surface area contributed by atoms with Crippen LogP contribution >= 0.6 is 0 Å². The van der Waals surface area contributed by atoms with Gasteiger partial charge in [-0.2, -0.15) is 0 Å². The van der Waals surface area contributed by atoms with Crippen molar-refractivity contribution in [2.45, 2.75) is 12.8 Å². The molecule has 1 aromatic rings. The number of rotatable bonds is 3. The van der Waals surface area contributed by atoms with Crippen LogP contribution in [0.4, 0.5) is 0 Å². The van der Waals surface area contributed by atoms with Gasteiger partial charge in [0.15, 0.2) is 11.5 Å². The molecule has 1 aliphatic heterocycles. The van der Waals surface area contributed by atoms with Gasteiger partial charge < -0.3 is 31.1 Å². The van der Waals surface area contributed by atoms with Crippen LogP contribution in [-0.2, 0) is 16.0 Å². The SMILES string of the molecule is COc1cccc(CC2C(=O)NCCNCCCNCCNC2=O)c1O. The molecule has 0 saturated carbocycles. The number of benzene rings is 1. The summed E-state index contributed by atoms with van der Waals surface area (Å²) in [6, 6.07) is 5.04. The van der Waals surface area contributed by atoms with Crippen molar-refractivity contribution in [3.63, 3.8) is 0 Å². The first-order valence-corrected chi connectivity index (χ1v) is 8.95. The molecule has 8 nitrogen and oxygen atoms in total. The van der Waals surface area contributed by atoms with Crippen LogP contribution < -0.4 is 26.0 Å². The third-order valence-electron chi connectivity index (χ3n) is 4.27. The number of phenols is 1. The Kier molecular flexibility index (Phi) is 8.17. The van der Waals surface area contributed by atoms with Gasteiger partial charge in [0.1, 0.15) is 5.92 Å². The van der Waals surface area contributed by atoms with Gasteiger partial charge >= 0.3 is 0 Å². The van der Waals surface area contributed by atoms with E-state index >= 15 is 0 Å². The van der Waals surface area contributed by atoms with Crippen LogP contribution in [-0.4, -0.2) is 63.3 Å². The number of methoxy groups -OCH3 is 1. The van der Waals surface area contributed by atoms with Gasteiger partial charge in [-0.15, -0.1) is 0 Å². The van der Waals surface area contributed by atoms with Crippen molar-refractivity contribution in [3.8, 4) is 11.5 Å². The molecule has 0 atom stereocenters. The summed E-state index contributed by atoms with van der Waals surface area (Å²) in [4.78, 5) is 25.1. The largest absolute Gasteiger partial charge is 0.504 e. The number of phenolic OH excluding ortho intramolecular Hbond substituents is 1. The second-order valence-electron chi connectivity index (χ2n) is 6.16. The van der Waals surface area contributed by atoms with E-state index in [9.17, 15) is 14.7 Å². The zero-order valence-electron chi connectivity index (χ0n) is 15.1. The average molecular weight is 364 g/mol. The van der Waals surface area contributed by atoms with Gasteiger partial charge in [-0.05, 0) is 37.6 Å². The van der Waals surface area contributed by atoms with Gasteiger partial charge in [-0.3, -0.25) is 9.59 Å². The normalized spacial score (nSPS) is 18.5. The van der Waals surface area contributed by atoms with E-state index in [1.54, 1.807) is 18.2 Å². The molecule has 1 saturated heterocycles. The highest BCUT2D eigenvalue weighted by atomic mass is 16.5. The summed E-state index contributed by atoms with van der Waals surface area (Å²) in [6.07, 6.45) is 1.08. The summed E-state index contributed by atoms with van der Waals surface area (Å²) < 4.78 is 5.10. The Balaban J connectivity index is 2.11. The quantitative estimate of drug-likeness (QED) is 0.457. The van der Waals surface area contributed by atoms with Gasteiger partial charge in [0.2, 0.25) is 11.8 Å². The van der Waals surface area contributed by atoms with Crippen LogP contribution in [0.5, 0.6) is 11.5 Å². The molecule has 1 heterocycles. The van der Waals surface area contributed by atoms with Gasteiger partial charge in [0.05, 0.1) is 7.11 Å². The van der Waals surface area contributed by atoms with E-state index in [-0.39, 0.29) is 24.0 Å². The smallest absolute Gasteiger partial charge is 0.232 e. The van der Waals surface area contributed by atoms with Gasteiger partial charge in [0.25, 0.3) is 0 Å². The Morgan fingerprint density at radius 2 is 1.62 bits per heavy atom. The molecule has 0 aromatic heterocycles. The summed E-state index contributed by atoms with van der Waals surface area (Å²) >= 11 is 0. The fraction of sp³-hybridized carbons (Fsp3) is 0.556. The molecule has 5 N–H and O–H groups in total. The minimum Gasteiger partial charge on any atom is -0.504 e. The molecular weight excluding hydrogens is 336 g/mol. The zero-order valence-corrected chi connectivity index (χ0v) is 15.1. The summed E-state index contributed by atoms with van der Waals surface area (Å²) in [5, 5.41) is 22.3. The van der Waals surface area contributed by atoms with Crippen molar-refractivity contribution in [2.24, 2.45) is 5.92 Å². The molecule has 26 heavy (non-hydrogen) atoms. The summed E-state index contributed by atoms with van der Waals surface area (Å²) in [5.41, 5.74) is 0.497. The minimum absolute atomic E-state index is 0.0432. The van der Waals surface area contributed by atoms with E-state index in [0.29, 0.717) is 37.5 Å². The maximum absolute atomic E-state index is 12.5. The molecule has 2 amide bonds. The van der Waals surface area contributed by atoms with Crippen molar-refractivity contribution in [2.75, 3.05) is 46.4 Å². The number of para-hydroxylation sites is 1. The first kappa shape index (κ1) is 20.0. The van der Waals surface area contributed by atoms with Crippen LogP contribution in [0, 0.1) is 5.92 Å². The molecule has 0 bridgehead atoms. The Hall–Kier alpha value is -2.32. The number of hydrogen-bond acceptors (Lipinski definition) is 6. The molecule has 1 aromatic carbocycles. The van der Waals surface area contributed by atoms with Crippen LogP contribution in [0.1, 0.15) is 12.0 Å². The second kappa shape index (κ2) is 10.6. The standard InChI is InChI=1S/C18H28N4O4/c1-26-15-5-2-4-13(16(15)23)12-14-17(24)21-10-8-19-6-3-7-20-9-11-22-18(14)25/h2,4-5,14,19-20,23H,3,6-12H2,1H3,(H,21,24)(H,22,25).